The lowest BCUT2D eigenvalue weighted by atomic mass is 10.1. The number of rotatable bonds is 6. The minimum Gasteiger partial charge on any atom is -0.378 e. The molecule has 2 rings (SSSR count). The van der Waals surface area contributed by atoms with Crippen molar-refractivity contribution in [2.75, 3.05) is 38.0 Å². The Morgan fingerprint density at radius 3 is 1.17 bits per heavy atom. The normalized spacial score (nSPS) is 12.5. The summed E-state index contributed by atoms with van der Waals surface area (Å²) in [7, 11) is 7.89. The molecule has 0 saturated heterocycles. The fraction of sp³-hybridized carbons (Fsp3) is 0.250. The smallest absolute Gasteiger partial charge is 0.177 e. The summed E-state index contributed by atoms with van der Waals surface area (Å²) in [4.78, 5) is 12.8. The summed E-state index contributed by atoms with van der Waals surface area (Å²) >= 11 is 0. The molecular weight excluding hydrogens is 372 g/mol. The molecule has 0 N–H and O–H groups in total. The highest BCUT2D eigenvalue weighted by Crippen LogP contribution is 2.17. The van der Waals surface area contributed by atoms with Gasteiger partial charge in [0.1, 0.15) is 12.1 Å². The molecule has 0 atom stereocenters. The fourth-order valence-corrected chi connectivity index (χ4v) is 2.73. The standard InChI is InChI=1S/C24H26N6/c1-17(19-7-11-21(12-8-19)29(3)4)27-23(15-25)24(16-26)28-18(2)20-9-13-22(14-10-20)30(5)6/h7-14H,1-6H3/b24-23+,27-17?,28-18?. The van der Waals surface area contributed by atoms with Crippen LogP contribution in [0.25, 0.3) is 0 Å². The van der Waals surface area contributed by atoms with Crippen molar-refractivity contribution in [3.05, 3.63) is 71.1 Å². The quantitative estimate of drug-likeness (QED) is 0.534. The molecule has 152 valence electrons. The molecule has 6 heteroatoms. The zero-order valence-electron chi connectivity index (χ0n) is 18.3. The average molecular weight is 399 g/mol. The molecule has 0 unspecified atom stereocenters. The molecule has 2 aromatic carbocycles. The lowest BCUT2D eigenvalue weighted by molar-refractivity contribution is 1.13. The second-order valence-corrected chi connectivity index (χ2v) is 7.20. The van der Waals surface area contributed by atoms with Crippen molar-refractivity contribution >= 4 is 22.8 Å². The van der Waals surface area contributed by atoms with Crippen LogP contribution in [-0.2, 0) is 0 Å². The zero-order valence-corrected chi connectivity index (χ0v) is 18.3. The molecule has 0 saturated carbocycles. The lowest BCUT2D eigenvalue weighted by Gasteiger charge is -2.12. The van der Waals surface area contributed by atoms with Crippen LogP contribution in [0.3, 0.4) is 0 Å². The molecule has 0 amide bonds. The maximum Gasteiger partial charge on any atom is 0.177 e. The van der Waals surface area contributed by atoms with Crippen LogP contribution in [0.5, 0.6) is 0 Å². The second kappa shape index (κ2) is 10.0. The topological polar surface area (TPSA) is 78.8 Å². The highest BCUT2D eigenvalue weighted by atomic mass is 15.1. The van der Waals surface area contributed by atoms with Gasteiger partial charge in [-0.25, -0.2) is 9.98 Å². The van der Waals surface area contributed by atoms with Crippen molar-refractivity contribution in [3.63, 3.8) is 0 Å². The van der Waals surface area contributed by atoms with Crippen LogP contribution in [0.15, 0.2) is 69.9 Å². The summed E-state index contributed by atoms with van der Waals surface area (Å²) in [5, 5.41) is 19.1. The van der Waals surface area contributed by atoms with Gasteiger partial charge in [0.15, 0.2) is 11.4 Å². The van der Waals surface area contributed by atoms with Gasteiger partial charge >= 0.3 is 0 Å². The third-order valence-electron chi connectivity index (χ3n) is 4.60. The number of nitriles is 2. The molecule has 0 heterocycles. The van der Waals surface area contributed by atoms with Crippen molar-refractivity contribution in [2.24, 2.45) is 9.98 Å². The lowest BCUT2D eigenvalue weighted by Crippen LogP contribution is -2.08. The molecule has 0 radical (unpaired) electrons. The van der Waals surface area contributed by atoms with Gasteiger partial charge in [0.25, 0.3) is 0 Å². The highest BCUT2D eigenvalue weighted by molar-refractivity contribution is 6.01. The summed E-state index contributed by atoms with van der Waals surface area (Å²) in [5.74, 6) is 0. The van der Waals surface area contributed by atoms with E-state index < -0.39 is 0 Å². The second-order valence-electron chi connectivity index (χ2n) is 7.20. The van der Waals surface area contributed by atoms with Gasteiger partial charge in [-0.15, -0.1) is 0 Å². The third kappa shape index (κ3) is 5.56. The number of aliphatic imine (C=N–C) groups is 2. The van der Waals surface area contributed by atoms with Crippen molar-refractivity contribution < 1.29 is 0 Å². The van der Waals surface area contributed by atoms with Crippen LogP contribution in [0, 0.1) is 22.7 Å². The zero-order chi connectivity index (χ0) is 22.3. The molecule has 0 aliphatic heterocycles. The van der Waals surface area contributed by atoms with Crippen LogP contribution in [0.4, 0.5) is 11.4 Å². The van der Waals surface area contributed by atoms with Crippen molar-refractivity contribution in [3.8, 4) is 12.1 Å². The summed E-state index contributed by atoms with van der Waals surface area (Å²) in [5.41, 5.74) is 5.19. The Hall–Kier alpha value is -3.90. The number of allylic oxidation sites excluding steroid dienone is 2. The van der Waals surface area contributed by atoms with Gasteiger partial charge in [-0.3, -0.25) is 0 Å². The van der Waals surface area contributed by atoms with E-state index in [9.17, 15) is 10.5 Å². The van der Waals surface area contributed by atoms with E-state index in [1.54, 1.807) is 0 Å². The minimum atomic E-state index is -0.00375. The molecule has 2 aromatic rings. The van der Waals surface area contributed by atoms with Gasteiger partial charge < -0.3 is 9.80 Å². The average Bonchev–Trinajstić information content (AvgIpc) is 2.75. The Balaban J connectivity index is 2.39. The molecule has 0 aromatic heterocycles. The summed E-state index contributed by atoms with van der Waals surface area (Å²) in [6, 6.07) is 19.7. The van der Waals surface area contributed by atoms with Gasteiger partial charge in [-0.05, 0) is 49.2 Å². The number of anilines is 2. The first-order valence-electron chi connectivity index (χ1n) is 9.47. The number of nitrogens with zero attached hydrogens (tertiary/aromatic N) is 6. The highest BCUT2D eigenvalue weighted by Gasteiger charge is 2.08. The van der Waals surface area contributed by atoms with E-state index in [0.29, 0.717) is 11.4 Å². The van der Waals surface area contributed by atoms with E-state index in [0.717, 1.165) is 22.5 Å². The maximum absolute atomic E-state index is 9.57. The Bertz CT molecular complexity index is 969. The van der Waals surface area contributed by atoms with Gasteiger partial charge in [0.2, 0.25) is 0 Å². The molecule has 0 spiro atoms. The monoisotopic (exact) mass is 398 g/mol. The number of hydrogen-bond acceptors (Lipinski definition) is 6. The van der Waals surface area contributed by atoms with E-state index in [-0.39, 0.29) is 11.4 Å². The van der Waals surface area contributed by atoms with Crippen molar-refractivity contribution in [1.29, 1.82) is 10.5 Å². The van der Waals surface area contributed by atoms with Gasteiger partial charge in [0, 0.05) is 51.0 Å². The fourth-order valence-electron chi connectivity index (χ4n) is 2.73. The van der Waals surface area contributed by atoms with E-state index in [4.69, 9.17) is 0 Å². The number of benzene rings is 2. The molecule has 0 aliphatic carbocycles. The summed E-state index contributed by atoms with van der Waals surface area (Å²) < 4.78 is 0. The Kier molecular flexibility index (Phi) is 7.50. The maximum atomic E-state index is 9.57. The first-order chi connectivity index (χ1) is 14.3. The summed E-state index contributed by atoms with van der Waals surface area (Å²) in [6.45, 7) is 3.63. The third-order valence-corrected chi connectivity index (χ3v) is 4.60. The van der Waals surface area contributed by atoms with Crippen molar-refractivity contribution in [1.82, 2.24) is 0 Å². The Morgan fingerprint density at radius 2 is 0.933 bits per heavy atom. The minimum absolute atomic E-state index is 0.00375. The SMILES string of the molecule is CC(=N/C(C#N)=C(\C#N)N=C(C)c1ccc(N(C)C)cc1)c1ccc(N(C)C)cc1. The predicted octanol–water partition coefficient (Wildman–Crippen LogP) is 4.40. The van der Waals surface area contributed by atoms with Gasteiger partial charge in [-0.1, -0.05) is 24.3 Å². The Labute approximate surface area is 178 Å². The van der Waals surface area contributed by atoms with E-state index in [1.165, 1.54) is 0 Å². The van der Waals surface area contributed by atoms with Crippen molar-refractivity contribution in [2.45, 2.75) is 13.8 Å². The molecule has 6 nitrogen and oxygen atoms in total. The predicted molar refractivity (Wildman–Crippen MR) is 124 cm³/mol. The largest absolute Gasteiger partial charge is 0.378 e. The summed E-state index contributed by atoms with van der Waals surface area (Å²) in [6.07, 6.45) is 0. The van der Waals surface area contributed by atoms with Crippen LogP contribution in [-0.4, -0.2) is 39.6 Å². The van der Waals surface area contributed by atoms with E-state index in [2.05, 4.69) is 9.98 Å². The Morgan fingerprint density at radius 1 is 0.633 bits per heavy atom. The van der Waals surface area contributed by atoms with Crippen LogP contribution >= 0.6 is 0 Å². The molecule has 0 bridgehead atoms. The van der Waals surface area contributed by atoms with Gasteiger partial charge in [0.05, 0.1) is 0 Å². The molecular formula is C24H26N6. The molecule has 0 fully saturated rings. The van der Waals surface area contributed by atoms with Crippen LogP contribution in [0.2, 0.25) is 0 Å². The van der Waals surface area contributed by atoms with E-state index >= 15 is 0 Å². The van der Waals surface area contributed by atoms with E-state index in [1.807, 2.05) is 113 Å². The first-order valence-corrected chi connectivity index (χ1v) is 9.47. The van der Waals surface area contributed by atoms with Crippen LogP contribution < -0.4 is 9.80 Å². The van der Waals surface area contributed by atoms with Gasteiger partial charge in [-0.2, -0.15) is 10.5 Å². The first kappa shape index (κ1) is 22.4. The van der Waals surface area contributed by atoms with Crippen LogP contribution in [0.1, 0.15) is 25.0 Å². The molecule has 30 heavy (non-hydrogen) atoms. The number of hydrogen-bond donors (Lipinski definition) is 0. The molecule has 0 aliphatic rings.